The highest BCUT2D eigenvalue weighted by atomic mass is 35.5. The van der Waals surface area contributed by atoms with Crippen LogP contribution in [-0.4, -0.2) is 76.6 Å². The zero-order chi connectivity index (χ0) is 17.6. The van der Waals surface area contributed by atoms with E-state index < -0.39 is 42.9 Å². The van der Waals surface area contributed by atoms with Crippen LogP contribution in [0.2, 0.25) is 5.15 Å². The molecule has 0 bridgehead atoms. The largest absolute Gasteiger partial charge is 0.394 e. The maximum absolute atomic E-state index is 15.3. The van der Waals surface area contributed by atoms with Gasteiger partial charge in [-0.05, 0) is 6.92 Å². The molecule has 1 fully saturated rings. The van der Waals surface area contributed by atoms with Gasteiger partial charge in [-0.2, -0.15) is 0 Å². The van der Waals surface area contributed by atoms with Gasteiger partial charge in [-0.3, -0.25) is 4.57 Å². The first-order chi connectivity index (χ1) is 11.3. The molecule has 2 aromatic rings. The van der Waals surface area contributed by atoms with Crippen molar-refractivity contribution in [1.29, 1.82) is 0 Å². The van der Waals surface area contributed by atoms with E-state index in [-0.39, 0.29) is 16.3 Å². The minimum atomic E-state index is -2.53. The van der Waals surface area contributed by atoms with Crippen LogP contribution >= 0.6 is 11.6 Å². The van der Waals surface area contributed by atoms with E-state index in [1.807, 2.05) is 0 Å². The second kappa shape index (κ2) is 6.14. The first-order valence-electron chi connectivity index (χ1n) is 7.11. The number of aromatic nitrogens is 4. The predicted molar refractivity (Wildman–Crippen MR) is 78.9 cm³/mol. The maximum atomic E-state index is 15.3. The van der Waals surface area contributed by atoms with Crippen molar-refractivity contribution in [2.75, 3.05) is 6.61 Å². The Labute approximate surface area is 140 Å². The third-order valence-corrected chi connectivity index (χ3v) is 4.44. The lowest BCUT2D eigenvalue weighted by Gasteiger charge is -2.33. The summed E-state index contributed by atoms with van der Waals surface area (Å²) in [6, 6.07) is 0. The average Bonchev–Trinajstić information content (AvgIpc) is 2.96. The van der Waals surface area contributed by atoms with E-state index in [2.05, 4.69) is 15.0 Å². The normalized spacial score (nSPS) is 37.5. The number of alkyl halides is 1. The van der Waals surface area contributed by atoms with E-state index in [4.69, 9.17) is 16.3 Å². The summed E-state index contributed by atoms with van der Waals surface area (Å²) in [7, 11) is 0. The minimum absolute atomic E-state index is 0.0484. The summed E-state index contributed by atoms with van der Waals surface area (Å²) >= 11 is 5.91. The summed E-state index contributed by atoms with van der Waals surface area (Å²) in [5, 5.41) is 39.4. The summed E-state index contributed by atoms with van der Waals surface area (Å²) < 4.78 is 21.9. The zero-order valence-electron chi connectivity index (χ0n) is 12.5. The van der Waals surface area contributed by atoms with Crippen LogP contribution in [0.25, 0.3) is 11.2 Å². The van der Waals surface area contributed by atoms with Gasteiger partial charge in [0.25, 0.3) is 0 Å². The third-order valence-electron chi connectivity index (χ3n) is 4.17. The number of rotatable bonds is 2. The van der Waals surface area contributed by atoms with Crippen molar-refractivity contribution < 1.29 is 29.6 Å². The molecule has 0 saturated carbocycles. The quantitative estimate of drug-likeness (QED) is 0.509. The molecule has 0 spiro atoms. The summed E-state index contributed by atoms with van der Waals surface area (Å²) in [6.07, 6.45) is -6.03. The van der Waals surface area contributed by atoms with Crippen LogP contribution in [0, 0.1) is 0 Å². The molecule has 4 N–H and O–H groups in total. The smallest absolute Gasteiger partial charge is 0.181 e. The second-order valence-corrected chi connectivity index (χ2v) is 6.13. The zero-order valence-corrected chi connectivity index (χ0v) is 13.2. The van der Waals surface area contributed by atoms with Crippen LogP contribution in [0.5, 0.6) is 0 Å². The number of fused-ring (bicyclic) bond motifs is 1. The van der Waals surface area contributed by atoms with Gasteiger partial charge in [0, 0.05) is 0 Å². The molecule has 1 aliphatic rings. The highest BCUT2D eigenvalue weighted by Gasteiger charge is 2.54. The second-order valence-electron chi connectivity index (χ2n) is 5.78. The number of halogens is 2. The van der Waals surface area contributed by atoms with Gasteiger partial charge >= 0.3 is 0 Å². The SMILES string of the molecule is C[C@@]1(F)[C@H](O)[C@@H](O)[C@H](O)[C@@H](CO)O[C@H]1n1cnc2c(Cl)ncnc21. The Kier molecular flexibility index (Phi) is 4.45. The molecule has 9 nitrogen and oxygen atoms in total. The molecule has 1 saturated heterocycles. The Bertz CT molecular complexity index is 744. The molecule has 132 valence electrons. The number of aliphatic hydroxyl groups is 4. The molecule has 0 radical (unpaired) electrons. The van der Waals surface area contributed by atoms with Gasteiger partial charge in [-0.25, -0.2) is 19.3 Å². The molecule has 1 aliphatic heterocycles. The first-order valence-corrected chi connectivity index (χ1v) is 7.49. The van der Waals surface area contributed by atoms with Crippen LogP contribution in [0.1, 0.15) is 13.2 Å². The summed E-state index contributed by atoms with van der Waals surface area (Å²) in [5.74, 6) is 0. The van der Waals surface area contributed by atoms with Crippen molar-refractivity contribution in [3.63, 3.8) is 0 Å². The maximum Gasteiger partial charge on any atom is 0.181 e. The standard InChI is InChI=1S/C13H16ClFN4O5/c1-13(15)9(23)8(22)7(21)5(2-20)24-12(13)19-4-18-6-10(14)16-3-17-11(6)19/h3-5,7-9,12,20-23H,2H2,1H3/t5-,7-,8+,9-,12-,13-/m1/s1. The minimum Gasteiger partial charge on any atom is -0.394 e. The topological polar surface area (TPSA) is 134 Å². The van der Waals surface area contributed by atoms with Gasteiger partial charge < -0.3 is 25.2 Å². The van der Waals surface area contributed by atoms with Gasteiger partial charge in [-0.15, -0.1) is 0 Å². The van der Waals surface area contributed by atoms with E-state index in [1.165, 1.54) is 10.9 Å². The lowest BCUT2D eigenvalue weighted by molar-refractivity contribution is -0.164. The number of aliphatic hydroxyl groups excluding tert-OH is 4. The van der Waals surface area contributed by atoms with Gasteiger partial charge in [0.15, 0.2) is 22.7 Å². The molecule has 0 aromatic carbocycles. The molecule has 6 atom stereocenters. The van der Waals surface area contributed by atoms with E-state index in [1.54, 1.807) is 0 Å². The number of nitrogens with zero attached hydrogens (tertiary/aromatic N) is 4. The average molecular weight is 363 g/mol. The van der Waals surface area contributed by atoms with Crippen LogP contribution in [0.3, 0.4) is 0 Å². The van der Waals surface area contributed by atoms with Gasteiger partial charge in [0.2, 0.25) is 0 Å². The fourth-order valence-electron chi connectivity index (χ4n) is 2.75. The molecule has 3 heterocycles. The number of hydrogen-bond donors (Lipinski definition) is 4. The number of ether oxygens (including phenoxy) is 1. The predicted octanol–water partition coefficient (Wildman–Crippen LogP) is -0.820. The number of imidazole rings is 1. The van der Waals surface area contributed by atoms with Gasteiger partial charge in [-0.1, -0.05) is 11.6 Å². The van der Waals surface area contributed by atoms with Crippen molar-refractivity contribution in [3.8, 4) is 0 Å². The van der Waals surface area contributed by atoms with E-state index in [0.29, 0.717) is 0 Å². The van der Waals surface area contributed by atoms with Crippen LogP contribution in [0.15, 0.2) is 12.7 Å². The Hall–Kier alpha value is -1.43. The summed E-state index contributed by atoms with van der Waals surface area (Å²) in [4.78, 5) is 11.7. The monoisotopic (exact) mass is 362 g/mol. The molecule has 3 rings (SSSR count). The van der Waals surface area contributed by atoms with Crippen molar-refractivity contribution in [2.24, 2.45) is 0 Å². The molecule has 0 unspecified atom stereocenters. The fraction of sp³-hybridized carbons (Fsp3) is 0.615. The molecule has 24 heavy (non-hydrogen) atoms. The highest BCUT2D eigenvalue weighted by molar-refractivity contribution is 6.33. The Morgan fingerprint density at radius 1 is 1.29 bits per heavy atom. The summed E-state index contributed by atoms with van der Waals surface area (Å²) in [6.45, 7) is 0.312. The summed E-state index contributed by atoms with van der Waals surface area (Å²) in [5.41, 5.74) is -2.20. The molecule has 11 heteroatoms. The molecular weight excluding hydrogens is 347 g/mol. The molecular formula is C13H16ClFN4O5. The Balaban J connectivity index is 2.14. The van der Waals surface area contributed by atoms with Crippen LogP contribution in [0.4, 0.5) is 4.39 Å². The molecule has 2 aromatic heterocycles. The van der Waals surface area contributed by atoms with Crippen molar-refractivity contribution in [2.45, 2.75) is 43.2 Å². The van der Waals surface area contributed by atoms with E-state index >= 15 is 4.39 Å². The van der Waals surface area contributed by atoms with Crippen molar-refractivity contribution >= 4 is 22.8 Å². The van der Waals surface area contributed by atoms with Crippen LogP contribution < -0.4 is 0 Å². The van der Waals surface area contributed by atoms with Crippen LogP contribution in [-0.2, 0) is 4.74 Å². The Morgan fingerprint density at radius 2 is 2.00 bits per heavy atom. The Morgan fingerprint density at radius 3 is 2.67 bits per heavy atom. The number of hydrogen-bond acceptors (Lipinski definition) is 8. The van der Waals surface area contributed by atoms with Crippen molar-refractivity contribution in [3.05, 3.63) is 17.8 Å². The van der Waals surface area contributed by atoms with Gasteiger partial charge in [0.1, 0.15) is 36.3 Å². The van der Waals surface area contributed by atoms with E-state index in [0.717, 1.165) is 13.3 Å². The fourth-order valence-corrected chi connectivity index (χ4v) is 2.93. The van der Waals surface area contributed by atoms with E-state index in [9.17, 15) is 20.4 Å². The lowest BCUT2D eigenvalue weighted by atomic mass is 9.92. The van der Waals surface area contributed by atoms with Gasteiger partial charge in [0.05, 0.1) is 12.9 Å². The van der Waals surface area contributed by atoms with Crippen molar-refractivity contribution in [1.82, 2.24) is 19.5 Å². The highest BCUT2D eigenvalue weighted by Crippen LogP contribution is 2.39. The third kappa shape index (κ3) is 2.55. The molecule has 0 aliphatic carbocycles. The molecule has 0 amide bonds. The lowest BCUT2D eigenvalue weighted by Crippen LogP contribution is -2.51. The first kappa shape index (κ1) is 17.4.